The van der Waals surface area contributed by atoms with Gasteiger partial charge in [0.15, 0.2) is 0 Å². The molecule has 0 unspecified atom stereocenters. The first-order chi connectivity index (χ1) is 10.7. The fraction of sp³-hybridized carbons (Fsp3) is 0.125. The molecule has 5 nitrogen and oxygen atoms in total. The molecule has 0 aliphatic rings. The van der Waals surface area contributed by atoms with Crippen LogP contribution in [0.3, 0.4) is 0 Å². The van der Waals surface area contributed by atoms with Gasteiger partial charge in [-0.25, -0.2) is 4.98 Å². The number of nitrogens with one attached hydrogen (secondary N) is 1. The molecule has 22 heavy (non-hydrogen) atoms. The molecule has 0 spiro atoms. The third-order valence-corrected chi connectivity index (χ3v) is 4.03. The lowest BCUT2D eigenvalue weighted by Gasteiger charge is -2.11. The van der Waals surface area contributed by atoms with E-state index in [1.54, 1.807) is 43.5 Å². The van der Waals surface area contributed by atoms with Crippen LogP contribution < -0.4 is 10.1 Å². The molecule has 0 atom stereocenters. The van der Waals surface area contributed by atoms with Crippen LogP contribution in [0.4, 0.5) is 5.69 Å². The quantitative estimate of drug-likeness (QED) is 0.751. The summed E-state index contributed by atoms with van der Waals surface area (Å²) in [5.74, 6) is 0.453. The molecular weight excluding hydrogens is 298 g/mol. The highest BCUT2D eigenvalue weighted by atomic mass is 32.2. The average molecular weight is 313 g/mol. The predicted molar refractivity (Wildman–Crippen MR) is 87.9 cm³/mol. The van der Waals surface area contributed by atoms with E-state index in [9.17, 15) is 4.79 Å². The number of carbonyl (C=O) groups is 1. The number of anilines is 1. The van der Waals surface area contributed by atoms with Crippen LogP contribution >= 0.6 is 11.8 Å². The van der Waals surface area contributed by atoms with Gasteiger partial charge < -0.3 is 14.5 Å². The molecule has 112 valence electrons. The van der Waals surface area contributed by atoms with Crippen LogP contribution in [0.15, 0.2) is 53.8 Å². The Kier molecular flexibility index (Phi) is 4.02. The average Bonchev–Trinajstić information content (AvgIpc) is 3.02. The molecule has 0 fully saturated rings. The number of amides is 1. The molecular formula is C16H15N3O2S. The van der Waals surface area contributed by atoms with Crippen LogP contribution in [0.1, 0.15) is 10.4 Å². The number of imidazole rings is 1. The molecule has 2 heterocycles. The molecule has 1 N–H and O–H groups in total. The molecule has 1 amide bonds. The molecule has 0 saturated carbocycles. The van der Waals surface area contributed by atoms with Crippen LogP contribution in [0.25, 0.3) is 5.65 Å². The summed E-state index contributed by atoms with van der Waals surface area (Å²) in [7, 11) is 1.59. The normalized spacial score (nSPS) is 10.6. The van der Waals surface area contributed by atoms with E-state index >= 15 is 0 Å². The first-order valence-corrected chi connectivity index (χ1v) is 7.90. The van der Waals surface area contributed by atoms with Gasteiger partial charge in [0.25, 0.3) is 5.91 Å². The number of aromatic nitrogens is 2. The van der Waals surface area contributed by atoms with Gasteiger partial charge in [-0.05, 0) is 36.6 Å². The first kappa shape index (κ1) is 14.5. The van der Waals surface area contributed by atoms with Gasteiger partial charge in [-0.2, -0.15) is 0 Å². The number of hydrogen-bond donors (Lipinski definition) is 1. The van der Waals surface area contributed by atoms with Crippen molar-refractivity contribution >= 4 is 29.0 Å². The second-order valence-electron chi connectivity index (χ2n) is 4.63. The van der Waals surface area contributed by atoms with E-state index in [0.717, 1.165) is 10.5 Å². The van der Waals surface area contributed by atoms with E-state index < -0.39 is 0 Å². The van der Waals surface area contributed by atoms with E-state index in [4.69, 9.17) is 4.74 Å². The zero-order valence-corrected chi connectivity index (χ0v) is 13.1. The van der Waals surface area contributed by atoms with Gasteiger partial charge in [-0.1, -0.05) is 0 Å². The minimum Gasteiger partial charge on any atom is -0.495 e. The lowest BCUT2D eigenvalue weighted by molar-refractivity contribution is 0.102. The summed E-state index contributed by atoms with van der Waals surface area (Å²) in [5.41, 5.74) is 2.01. The van der Waals surface area contributed by atoms with E-state index in [-0.39, 0.29) is 5.91 Å². The lowest BCUT2D eigenvalue weighted by atomic mass is 10.2. The zero-order chi connectivity index (χ0) is 15.5. The first-order valence-electron chi connectivity index (χ1n) is 6.67. The summed E-state index contributed by atoms with van der Waals surface area (Å²) in [5, 5.41) is 2.88. The molecule has 0 saturated heterocycles. The van der Waals surface area contributed by atoms with E-state index in [1.165, 1.54) is 0 Å². The SMILES string of the molecule is COc1cc(SC)ccc1NC(=O)c1ccc2nccn2c1. The molecule has 3 aromatic rings. The van der Waals surface area contributed by atoms with E-state index in [0.29, 0.717) is 17.0 Å². The van der Waals surface area contributed by atoms with Crippen molar-refractivity contribution in [3.63, 3.8) is 0 Å². The number of thioether (sulfide) groups is 1. The number of nitrogens with zero attached hydrogens (tertiary/aromatic N) is 2. The van der Waals surface area contributed by atoms with Crippen molar-refractivity contribution in [2.45, 2.75) is 4.90 Å². The minimum absolute atomic E-state index is 0.189. The number of pyridine rings is 1. The second-order valence-corrected chi connectivity index (χ2v) is 5.51. The highest BCUT2D eigenvalue weighted by Crippen LogP contribution is 2.29. The summed E-state index contributed by atoms with van der Waals surface area (Å²) in [4.78, 5) is 17.6. The van der Waals surface area contributed by atoms with Gasteiger partial charge in [0.1, 0.15) is 11.4 Å². The zero-order valence-electron chi connectivity index (χ0n) is 12.2. The number of fused-ring (bicyclic) bond motifs is 1. The fourth-order valence-electron chi connectivity index (χ4n) is 2.15. The highest BCUT2D eigenvalue weighted by Gasteiger charge is 2.11. The summed E-state index contributed by atoms with van der Waals surface area (Å²) >= 11 is 1.62. The van der Waals surface area contributed by atoms with Crippen molar-refractivity contribution in [2.24, 2.45) is 0 Å². The third kappa shape index (κ3) is 2.78. The Morgan fingerprint density at radius 1 is 1.32 bits per heavy atom. The van der Waals surface area contributed by atoms with Crippen molar-refractivity contribution in [1.82, 2.24) is 9.38 Å². The smallest absolute Gasteiger partial charge is 0.257 e. The van der Waals surface area contributed by atoms with E-state index in [2.05, 4.69) is 10.3 Å². The number of benzene rings is 1. The molecule has 0 bridgehead atoms. The van der Waals surface area contributed by atoms with Gasteiger partial charge in [0.2, 0.25) is 0 Å². The Bertz CT molecular complexity index is 829. The molecule has 3 rings (SSSR count). The maximum atomic E-state index is 12.4. The van der Waals surface area contributed by atoms with Crippen molar-refractivity contribution in [3.8, 4) is 5.75 Å². The summed E-state index contributed by atoms with van der Waals surface area (Å²) in [6.45, 7) is 0. The van der Waals surface area contributed by atoms with Crippen LogP contribution in [0.2, 0.25) is 0 Å². The maximum Gasteiger partial charge on any atom is 0.257 e. The summed E-state index contributed by atoms with van der Waals surface area (Å²) in [6.07, 6.45) is 7.24. The van der Waals surface area contributed by atoms with Gasteiger partial charge in [0.05, 0.1) is 18.4 Å². The van der Waals surface area contributed by atoms with Crippen LogP contribution in [-0.4, -0.2) is 28.7 Å². The summed E-state index contributed by atoms with van der Waals surface area (Å²) < 4.78 is 7.15. The largest absolute Gasteiger partial charge is 0.495 e. The molecule has 6 heteroatoms. The molecule has 0 aliphatic carbocycles. The Morgan fingerprint density at radius 2 is 2.18 bits per heavy atom. The Hall–Kier alpha value is -2.47. The van der Waals surface area contributed by atoms with Crippen LogP contribution in [0, 0.1) is 0 Å². The van der Waals surface area contributed by atoms with Crippen LogP contribution in [0.5, 0.6) is 5.75 Å². The molecule has 0 radical (unpaired) electrons. The van der Waals surface area contributed by atoms with Gasteiger partial charge in [-0.15, -0.1) is 11.8 Å². The fourth-order valence-corrected chi connectivity index (χ4v) is 2.58. The van der Waals surface area contributed by atoms with Gasteiger partial charge in [0, 0.05) is 23.5 Å². The Morgan fingerprint density at radius 3 is 2.95 bits per heavy atom. The Balaban J connectivity index is 1.87. The number of carbonyl (C=O) groups excluding carboxylic acids is 1. The number of rotatable bonds is 4. The molecule has 0 aliphatic heterocycles. The minimum atomic E-state index is -0.189. The van der Waals surface area contributed by atoms with Crippen molar-refractivity contribution in [3.05, 3.63) is 54.5 Å². The van der Waals surface area contributed by atoms with Crippen molar-refractivity contribution < 1.29 is 9.53 Å². The monoisotopic (exact) mass is 313 g/mol. The number of ether oxygens (including phenoxy) is 1. The molecule has 1 aromatic carbocycles. The maximum absolute atomic E-state index is 12.4. The lowest BCUT2D eigenvalue weighted by Crippen LogP contribution is -2.13. The van der Waals surface area contributed by atoms with Crippen molar-refractivity contribution in [2.75, 3.05) is 18.7 Å². The van der Waals surface area contributed by atoms with Gasteiger partial charge in [-0.3, -0.25) is 4.79 Å². The van der Waals surface area contributed by atoms with Crippen LogP contribution in [-0.2, 0) is 0 Å². The standard InChI is InChI=1S/C16H15N3O2S/c1-21-14-9-12(22-2)4-5-13(14)18-16(20)11-3-6-15-17-7-8-19(15)10-11/h3-10H,1-2H3,(H,18,20). The van der Waals surface area contributed by atoms with Gasteiger partial charge >= 0.3 is 0 Å². The van der Waals surface area contributed by atoms with E-state index in [1.807, 2.05) is 34.9 Å². The predicted octanol–water partition coefficient (Wildman–Crippen LogP) is 3.32. The summed E-state index contributed by atoms with van der Waals surface area (Å²) in [6, 6.07) is 9.25. The van der Waals surface area contributed by atoms with Crippen molar-refractivity contribution in [1.29, 1.82) is 0 Å². The second kappa shape index (κ2) is 6.11. The number of methoxy groups -OCH3 is 1. The topological polar surface area (TPSA) is 55.6 Å². The highest BCUT2D eigenvalue weighted by molar-refractivity contribution is 7.98. The third-order valence-electron chi connectivity index (χ3n) is 3.31. The Labute approximate surface area is 132 Å². The number of hydrogen-bond acceptors (Lipinski definition) is 4. The molecule has 2 aromatic heterocycles.